The van der Waals surface area contributed by atoms with Crippen LogP contribution in [0.15, 0.2) is 54.7 Å². The number of aryl methyl sites for hydroxylation is 1. The Bertz CT molecular complexity index is 1130. The molecule has 0 aliphatic heterocycles. The molecule has 2 aromatic carbocycles. The second-order valence-corrected chi connectivity index (χ2v) is 7.02. The molecule has 3 aromatic rings. The minimum absolute atomic E-state index is 0.171. The van der Waals surface area contributed by atoms with E-state index >= 15 is 0 Å². The molecule has 6 nitrogen and oxygen atoms in total. The highest BCUT2D eigenvalue weighted by Gasteiger charge is 2.23. The largest absolute Gasteiger partial charge is 0.481 e. The van der Waals surface area contributed by atoms with Gasteiger partial charge in [0.15, 0.2) is 0 Å². The molecule has 0 amide bonds. The van der Waals surface area contributed by atoms with Crippen LogP contribution in [0.25, 0.3) is 0 Å². The van der Waals surface area contributed by atoms with E-state index in [-0.39, 0.29) is 6.04 Å². The lowest BCUT2D eigenvalue weighted by Crippen LogP contribution is -2.10. The lowest BCUT2D eigenvalue weighted by atomic mass is 10.0. The summed E-state index contributed by atoms with van der Waals surface area (Å²) in [5, 5.41) is 21.3. The van der Waals surface area contributed by atoms with E-state index in [9.17, 15) is 0 Å². The molecule has 1 aliphatic rings. The molecule has 4 rings (SSSR count). The molecule has 0 spiro atoms. The first-order valence-corrected chi connectivity index (χ1v) is 9.37. The molecule has 4 N–H and O–H groups in total. The van der Waals surface area contributed by atoms with Gasteiger partial charge in [0.05, 0.1) is 30.5 Å². The maximum Gasteiger partial charge on any atom is 0.213 e. The lowest BCUT2D eigenvalue weighted by Gasteiger charge is -2.17. The van der Waals surface area contributed by atoms with Gasteiger partial charge in [-0.05, 0) is 60.4 Å². The smallest absolute Gasteiger partial charge is 0.213 e. The number of anilines is 2. The van der Waals surface area contributed by atoms with Gasteiger partial charge in [0.25, 0.3) is 0 Å². The Kier molecular flexibility index (Phi) is 4.88. The van der Waals surface area contributed by atoms with Crippen LogP contribution in [0.1, 0.15) is 40.3 Å². The number of hydrogen-bond donors (Lipinski definition) is 3. The Morgan fingerprint density at radius 3 is 2.90 bits per heavy atom. The van der Waals surface area contributed by atoms with Crippen LogP contribution in [0, 0.1) is 16.7 Å². The molecule has 0 bridgehead atoms. The van der Waals surface area contributed by atoms with Gasteiger partial charge in [-0.1, -0.05) is 6.07 Å². The van der Waals surface area contributed by atoms with Crippen molar-refractivity contribution < 1.29 is 4.74 Å². The third kappa shape index (κ3) is 3.63. The number of hydrogen-bond acceptors (Lipinski definition) is 6. The third-order valence-corrected chi connectivity index (χ3v) is 5.25. The van der Waals surface area contributed by atoms with Crippen molar-refractivity contribution in [1.82, 2.24) is 4.98 Å². The molecule has 29 heavy (non-hydrogen) atoms. The van der Waals surface area contributed by atoms with Crippen LogP contribution < -0.4 is 15.8 Å². The molecule has 0 saturated heterocycles. The Morgan fingerprint density at radius 1 is 1.24 bits per heavy atom. The summed E-state index contributed by atoms with van der Waals surface area (Å²) in [6, 6.07) is 17.4. The molecule has 6 heteroatoms. The highest BCUT2D eigenvalue weighted by atomic mass is 16.5. The Hall–Kier alpha value is -3.85. The number of pyridine rings is 1. The number of benzene rings is 2. The highest BCUT2D eigenvalue weighted by molar-refractivity contribution is 6.14. The molecular weight excluding hydrogens is 362 g/mol. The number of nitrogen functional groups attached to an aromatic ring is 1. The molecule has 0 radical (unpaired) electrons. The highest BCUT2D eigenvalue weighted by Crippen LogP contribution is 2.35. The summed E-state index contributed by atoms with van der Waals surface area (Å²) in [5.41, 5.74) is 12.4. The zero-order chi connectivity index (χ0) is 20.4. The van der Waals surface area contributed by atoms with Gasteiger partial charge in [-0.15, -0.1) is 0 Å². The molecule has 0 saturated carbocycles. The number of nitrogens with two attached hydrogens (primary N) is 1. The van der Waals surface area contributed by atoms with Crippen molar-refractivity contribution in [2.24, 2.45) is 0 Å². The first kappa shape index (κ1) is 18.5. The summed E-state index contributed by atoms with van der Waals surface area (Å²) in [6.07, 6.45) is 3.52. The molecule has 0 unspecified atom stereocenters. The van der Waals surface area contributed by atoms with Gasteiger partial charge >= 0.3 is 0 Å². The summed E-state index contributed by atoms with van der Waals surface area (Å²) in [6.45, 7) is 0. The Morgan fingerprint density at radius 2 is 2.10 bits per heavy atom. The minimum atomic E-state index is 0.171. The number of methoxy groups -OCH3 is 1. The van der Waals surface area contributed by atoms with Crippen LogP contribution in [0.3, 0.4) is 0 Å². The summed E-state index contributed by atoms with van der Waals surface area (Å²) in [4.78, 5) is 4.09. The fourth-order valence-electron chi connectivity index (χ4n) is 3.73. The first-order valence-electron chi connectivity index (χ1n) is 9.37. The molecule has 1 aromatic heterocycles. The second kappa shape index (κ2) is 7.64. The maximum absolute atomic E-state index is 9.10. The van der Waals surface area contributed by atoms with Gasteiger partial charge in [0, 0.05) is 34.8 Å². The lowest BCUT2D eigenvalue weighted by molar-refractivity contribution is 0.398. The monoisotopic (exact) mass is 383 g/mol. The summed E-state index contributed by atoms with van der Waals surface area (Å²) in [5.74, 6) is 0.458. The number of aromatic nitrogens is 1. The molecule has 1 aliphatic carbocycles. The predicted octanol–water partition coefficient (Wildman–Crippen LogP) is 4.06. The number of rotatable bonds is 5. The van der Waals surface area contributed by atoms with E-state index in [1.54, 1.807) is 25.4 Å². The van der Waals surface area contributed by atoms with Crippen LogP contribution in [0.2, 0.25) is 0 Å². The Balaban J connectivity index is 1.60. The summed E-state index contributed by atoms with van der Waals surface area (Å²) in [7, 11) is 1.55. The normalized spacial score (nSPS) is 14.7. The number of nitrogens with zero attached hydrogens (tertiary/aromatic N) is 2. The van der Waals surface area contributed by atoms with Crippen molar-refractivity contribution in [2.45, 2.75) is 18.9 Å². The molecular formula is C23H21N5O. The summed E-state index contributed by atoms with van der Waals surface area (Å²) >= 11 is 0. The van der Waals surface area contributed by atoms with Crippen LogP contribution in [0.5, 0.6) is 5.88 Å². The van der Waals surface area contributed by atoms with Crippen LogP contribution in [-0.4, -0.2) is 17.8 Å². The van der Waals surface area contributed by atoms with Gasteiger partial charge in [0.2, 0.25) is 5.88 Å². The van der Waals surface area contributed by atoms with E-state index in [0.29, 0.717) is 34.0 Å². The maximum atomic E-state index is 9.10. The minimum Gasteiger partial charge on any atom is -0.481 e. The van der Waals surface area contributed by atoms with Gasteiger partial charge in [-0.25, -0.2) is 4.98 Å². The number of fused-ring (bicyclic) bond motifs is 1. The van der Waals surface area contributed by atoms with Crippen LogP contribution >= 0.6 is 0 Å². The van der Waals surface area contributed by atoms with Crippen molar-refractivity contribution in [3.8, 4) is 11.9 Å². The van der Waals surface area contributed by atoms with E-state index in [1.165, 1.54) is 11.1 Å². The fourth-order valence-corrected chi connectivity index (χ4v) is 3.73. The number of nitrogens with one attached hydrogen (secondary N) is 2. The van der Waals surface area contributed by atoms with E-state index < -0.39 is 0 Å². The number of ether oxygens (including phenoxy) is 1. The SMILES string of the molecule is COc1cc(C(=N)c2cc(N[C@@H]3CCc4cc(C#N)ccc43)ccc2N)ccn1. The van der Waals surface area contributed by atoms with Gasteiger partial charge < -0.3 is 15.8 Å². The zero-order valence-corrected chi connectivity index (χ0v) is 16.1. The van der Waals surface area contributed by atoms with Crippen molar-refractivity contribution in [1.29, 1.82) is 10.7 Å². The van der Waals surface area contributed by atoms with Crippen molar-refractivity contribution in [3.63, 3.8) is 0 Å². The van der Waals surface area contributed by atoms with Crippen molar-refractivity contribution >= 4 is 17.1 Å². The molecule has 1 heterocycles. The summed E-state index contributed by atoms with van der Waals surface area (Å²) < 4.78 is 5.16. The van der Waals surface area contributed by atoms with Gasteiger partial charge in [-0.2, -0.15) is 5.26 Å². The third-order valence-electron chi connectivity index (χ3n) is 5.25. The average Bonchev–Trinajstić information content (AvgIpc) is 3.16. The van der Waals surface area contributed by atoms with E-state index in [1.807, 2.05) is 36.4 Å². The van der Waals surface area contributed by atoms with E-state index in [2.05, 4.69) is 16.4 Å². The van der Waals surface area contributed by atoms with Crippen LogP contribution in [-0.2, 0) is 6.42 Å². The van der Waals surface area contributed by atoms with Crippen molar-refractivity contribution in [2.75, 3.05) is 18.2 Å². The fraction of sp³-hybridized carbons (Fsp3) is 0.174. The standard InChI is InChI=1S/C23H21N5O/c1-29-22-11-16(8-9-27-22)23(26)19-12-17(4-6-20(19)25)28-21-7-3-15-10-14(13-24)2-5-18(15)21/h2,4-6,8-12,21,26,28H,3,7,25H2,1H3/t21-/m1/s1. The first-order chi connectivity index (χ1) is 14.1. The Labute approximate surface area is 169 Å². The van der Waals surface area contributed by atoms with Gasteiger partial charge in [-0.3, -0.25) is 5.41 Å². The zero-order valence-electron chi connectivity index (χ0n) is 16.1. The predicted molar refractivity (Wildman–Crippen MR) is 113 cm³/mol. The molecule has 144 valence electrons. The van der Waals surface area contributed by atoms with E-state index in [0.717, 1.165) is 18.5 Å². The van der Waals surface area contributed by atoms with Crippen molar-refractivity contribution in [3.05, 3.63) is 82.5 Å². The molecule has 1 atom stereocenters. The average molecular weight is 383 g/mol. The quantitative estimate of drug-likeness (QED) is 0.455. The van der Waals surface area contributed by atoms with E-state index in [4.69, 9.17) is 21.1 Å². The molecule has 0 fully saturated rings. The van der Waals surface area contributed by atoms with Crippen LogP contribution in [0.4, 0.5) is 11.4 Å². The topological polar surface area (TPSA) is 108 Å². The second-order valence-electron chi connectivity index (χ2n) is 7.02. The number of nitriles is 1. The van der Waals surface area contributed by atoms with Gasteiger partial charge in [0.1, 0.15) is 0 Å².